The number of benzene rings is 1. The fourth-order valence-electron chi connectivity index (χ4n) is 2.09. The monoisotopic (exact) mass is 288 g/mol. The highest BCUT2D eigenvalue weighted by Gasteiger charge is 2.22. The van der Waals surface area contributed by atoms with Crippen molar-refractivity contribution >= 4 is 11.6 Å². The van der Waals surface area contributed by atoms with Gasteiger partial charge in [0.15, 0.2) is 0 Å². The number of amides is 1. The number of nitro benzene ring substituents is 1. The molecule has 1 amide bonds. The highest BCUT2D eigenvalue weighted by molar-refractivity contribution is 5.94. The van der Waals surface area contributed by atoms with Gasteiger partial charge in [-0.1, -0.05) is 0 Å². The van der Waals surface area contributed by atoms with Gasteiger partial charge >= 0.3 is 0 Å². The first-order chi connectivity index (χ1) is 9.91. The number of nitrogens with zero attached hydrogens (tertiary/aromatic N) is 2. The normalized spacial score (nSPS) is 12.0. The maximum atomic E-state index is 12.4. The van der Waals surface area contributed by atoms with Crippen molar-refractivity contribution in [3.05, 3.63) is 63.6 Å². The molecule has 0 aliphatic rings. The summed E-state index contributed by atoms with van der Waals surface area (Å²) in [5, 5.41) is 10.8. The van der Waals surface area contributed by atoms with Crippen LogP contribution in [0.2, 0.25) is 0 Å². The zero-order valence-electron chi connectivity index (χ0n) is 12.1. The van der Waals surface area contributed by atoms with Crippen LogP contribution in [-0.4, -0.2) is 22.8 Å². The lowest BCUT2D eigenvalue weighted by atomic mass is 10.1. The molecule has 21 heavy (non-hydrogen) atoms. The number of hydrogen-bond donors (Lipinski definition) is 0. The Bertz CT molecular complexity index is 664. The van der Waals surface area contributed by atoms with E-state index in [1.54, 1.807) is 37.3 Å². The summed E-state index contributed by atoms with van der Waals surface area (Å²) in [6.45, 7) is 3.47. The molecule has 0 fully saturated rings. The first-order valence-corrected chi connectivity index (χ1v) is 6.47. The average Bonchev–Trinajstić information content (AvgIpc) is 2.98. The Morgan fingerprint density at radius 3 is 2.62 bits per heavy atom. The highest BCUT2D eigenvalue weighted by Crippen LogP contribution is 2.23. The van der Waals surface area contributed by atoms with E-state index in [-0.39, 0.29) is 17.6 Å². The van der Waals surface area contributed by atoms with Gasteiger partial charge in [0.2, 0.25) is 0 Å². The predicted octanol–water partition coefficient (Wildman–Crippen LogP) is 3.33. The molecule has 6 nitrogen and oxygen atoms in total. The van der Waals surface area contributed by atoms with Crippen LogP contribution in [0.25, 0.3) is 0 Å². The third-order valence-corrected chi connectivity index (χ3v) is 3.50. The maximum absolute atomic E-state index is 12.4. The Balaban J connectivity index is 2.23. The topological polar surface area (TPSA) is 76.6 Å². The third-order valence-electron chi connectivity index (χ3n) is 3.50. The molecule has 0 bridgehead atoms. The zero-order chi connectivity index (χ0) is 15.6. The summed E-state index contributed by atoms with van der Waals surface area (Å²) >= 11 is 0. The van der Waals surface area contributed by atoms with Crippen molar-refractivity contribution in [2.45, 2.75) is 19.9 Å². The van der Waals surface area contributed by atoms with Crippen LogP contribution in [-0.2, 0) is 0 Å². The van der Waals surface area contributed by atoms with Gasteiger partial charge in [0.1, 0.15) is 5.76 Å². The van der Waals surface area contributed by atoms with Crippen molar-refractivity contribution in [3.8, 4) is 0 Å². The predicted molar refractivity (Wildman–Crippen MR) is 77.0 cm³/mol. The molecular weight excluding hydrogens is 272 g/mol. The van der Waals surface area contributed by atoms with Crippen molar-refractivity contribution in [1.82, 2.24) is 4.90 Å². The van der Waals surface area contributed by atoms with Gasteiger partial charge < -0.3 is 9.32 Å². The molecule has 1 aromatic carbocycles. The number of nitro groups is 1. The maximum Gasteiger partial charge on any atom is 0.272 e. The Morgan fingerprint density at radius 2 is 2.10 bits per heavy atom. The molecule has 110 valence electrons. The molecule has 0 aliphatic carbocycles. The minimum Gasteiger partial charge on any atom is -0.467 e. The van der Waals surface area contributed by atoms with Gasteiger partial charge in [0.25, 0.3) is 11.6 Å². The van der Waals surface area contributed by atoms with E-state index in [1.165, 1.54) is 18.2 Å². The molecule has 1 atom stereocenters. The molecule has 0 radical (unpaired) electrons. The number of carbonyl (C=O) groups excluding carboxylic acids is 1. The van der Waals surface area contributed by atoms with E-state index in [9.17, 15) is 14.9 Å². The van der Waals surface area contributed by atoms with E-state index in [2.05, 4.69) is 0 Å². The van der Waals surface area contributed by atoms with Gasteiger partial charge in [-0.05, 0) is 38.1 Å². The molecule has 1 unspecified atom stereocenters. The molecule has 0 spiro atoms. The lowest BCUT2D eigenvalue weighted by molar-refractivity contribution is -0.385. The van der Waals surface area contributed by atoms with E-state index in [0.29, 0.717) is 16.9 Å². The summed E-state index contributed by atoms with van der Waals surface area (Å²) in [5.74, 6) is 0.474. The van der Waals surface area contributed by atoms with Gasteiger partial charge in [-0.3, -0.25) is 14.9 Å². The van der Waals surface area contributed by atoms with Crippen LogP contribution in [0.3, 0.4) is 0 Å². The van der Waals surface area contributed by atoms with Crippen LogP contribution < -0.4 is 0 Å². The van der Waals surface area contributed by atoms with E-state index in [4.69, 9.17) is 4.42 Å². The molecular formula is C15H16N2O4. The lowest BCUT2D eigenvalue weighted by Crippen LogP contribution is -2.29. The second-order valence-corrected chi connectivity index (χ2v) is 4.87. The molecule has 0 saturated heterocycles. The second-order valence-electron chi connectivity index (χ2n) is 4.87. The lowest BCUT2D eigenvalue weighted by Gasteiger charge is -2.23. The van der Waals surface area contributed by atoms with Crippen LogP contribution >= 0.6 is 0 Å². The number of rotatable bonds is 4. The summed E-state index contributed by atoms with van der Waals surface area (Å²) in [5.41, 5.74) is 0.886. The largest absolute Gasteiger partial charge is 0.467 e. The van der Waals surface area contributed by atoms with Gasteiger partial charge in [-0.2, -0.15) is 0 Å². The Labute approximate surface area is 122 Å². The smallest absolute Gasteiger partial charge is 0.272 e. The summed E-state index contributed by atoms with van der Waals surface area (Å²) in [7, 11) is 1.67. The minimum absolute atomic E-state index is 0.00767. The molecule has 1 heterocycles. The van der Waals surface area contributed by atoms with Crippen LogP contribution in [0.5, 0.6) is 0 Å². The molecule has 0 N–H and O–H groups in total. The van der Waals surface area contributed by atoms with Gasteiger partial charge in [-0.15, -0.1) is 0 Å². The number of hydrogen-bond acceptors (Lipinski definition) is 4. The van der Waals surface area contributed by atoms with Crippen molar-refractivity contribution in [2.24, 2.45) is 0 Å². The quantitative estimate of drug-likeness (QED) is 0.638. The first-order valence-electron chi connectivity index (χ1n) is 6.47. The summed E-state index contributed by atoms with van der Waals surface area (Å²) in [6.07, 6.45) is 1.56. The highest BCUT2D eigenvalue weighted by atomic mass is 16.6. The van der Waals surface area contributed by atoms with Crippen molar-refractivity contribution in [3.63, 3.8) is 0 Å². The molecule has 0 aliphatic heterocycles. The van der Waals surface area contributed by atoms with Crippen LogP contribution in [0.4, 0.5) is 5.69 Å². The van der Waals surface area contributed by atoms with E-state index in [0.717, 1.165) is 0 Å². The molecule has 2 rings (SSSR count). The fourth-order valence-corrected chi connectivity index (χ4v) is 2.09. The summed E-state index contributed by atoms with van der Waals surface area (Å²) < 4.78 is 5.29. The third kappa shape index (κ3) is 2.94. The number of carbonyl (C=O) groups is 1. The fraction of sp³-hybridized carbons (Fsp3) is 0.267. The molecule has 2 aromatic rings. The molecule has 0 saturated carbocycles. The Hall–Kier alpha value is -2.63. The van der Waals surface area contributed by atoms with Gasteiger partial charge in [0.05, 0.1) is 17.2 Å². The number of aryl methyl sites for hydroxylation is 1. The van der Waals surface area contributed by atoms with E-state index in [1.807, 2.05) is 6.92 Å². The standard InChI is InChI=1S/C15H16N2O4/c1-10-9-12(6-7-13(10)17(19)20)15(18)16(3)11(2)14-5-4-8-21-14/h4-9,11H,1-3H3. The Morgan fingerprint density at radius 1 is 1.38 bits per heavy atom. The summed E-state index contributed by atoms with van der Waals surface area (Å²) in [4.78, 5) is 24.3. The van der Waals surface area contributed by atoms with Crippen molar-refractivity contribution in [1.29, 1.82) is 0 Å². The SMILES string of the molecule is Cc1cc(C(=O)N(C)C(C)c2ccco2)ccc1[N+](=O)[O-]. The van der Waals surface area contributed by atoms with Crippen molar-refractivity contribution < 1.29 is 14.1 Å². The van der Waals surface area contributed by atoms with Gasteiger partial charge in [-0.25, -0.2) is 0 Å². The van der Waals surface area contributed by atoms with Crippen LogP contribution in [0.15, 0.2) is 41.0 Å². The van der Waals surface area contributed by atoms with Gasteiger partial charge in [0, 0.05) is 24.2 Å². The summed E-state index contributed by atoms with van der Waals surface area (Å²) in [6, 6.07) is 7.71. The molecule has 6 heteroatoms. The van der Waals surface area contributed by atoms with Crippen LogP contribution in [0, 0.1) is 17.0 Å². The van der Waals surface area contributed by atoms with Crippen LogP contribution in [0.1, 0.15) is 34.6 Å². The Kier molecular flexibility index (Phi) is 4.07. The van der Waals surface area contributed by atoms with E-state index >= 15 is 0 Å². The van der Waals surface area contributed by atoms with E-state index < -0.39 is 4.92 Å². The first kappa shape index (κ1) is 14.8. The van der Waals surface area contributed by atoms with Crippen molar-refractivity contribution in [2.75, 3.05) is 7.05 Å². The zero-order valence-corrected chi connectivity index (χ0v) is 12.1. The average molecular weight is 288 g/mol. The number of furan rings is 1. The second kappa shape index (κ2) is 5.78. The minimum atomic E-state index is -0.460. The molecule has 1 aromatic heterocycles.